The number of nitrogens with zero attached hydrogens (tertiary/aromatic N) is 3. The summed E-state index contributed by atoms with van der Waals surface area (Å²) in [5.74, 6) is 1.47. The number of ether oxygens (including phenoxy) is 2. The number of rotatable bonds is 8. The van der Waals surface area contributed by atoms with Crippen LogP contribution in [0.3, 0.4) is 0 Å². The molecule has 1 aromatic rings. The van der Waals surface area contributed by atoms with Gasteiger partial charge in [-0.2, -0.15) is 0 Å². The number of methoxy groups -OCH3 is 2. The summed E-state index contributed by atoms with van der Waals surface area (Å²) in [6.45, 7) is 3.08. The van der Waals surface area contributed by atoms with Crippen molar-refractivity contribution in [3.63, 3.8) is 0 Å². The van der Waals surface area contributed by atoms with Gasteiger partial charge in [-0.1, -0.05) is 12.1 Å². The average Bonchev–Trinajstić information content (AvgIpc) is 3.14. The molecule has 2 rings (SSSR count). The first-order chi connectivity index (χ1) is 13.0. The minimum atomic E-state index is -0.0371. The molecular formula is C19H32IN5O3. The molecule has 8 nitrogen and oxygen atoms in total. The zero-order valence-electron chi connectivity index (χ0n) is 17.1. The van der Waals surface area contributed by atoms with Crippen LogP contribution in [-0.4, -0.2) is 83.9 Å². The van der Waals surface area contributed by atoms with E-state index in [0.717, 1.165) is 30.9 Å². The lowest BCUT2D eigenvalue weighted by molar-refractivity contribution is -0.127. The second kappa shape index (κ2) is 12.7. The maximum atomic E-state index is 11.8. The van der Waals surface area contributed by atoms with Crippen molar-refractivity contribution in [1.29, 1.82) is 0 Å². The summed E-state index contributed by atoms with van der Waals surface area (Å²) in [7, 11) is 6.80. The van der Waals surface area contributed by atoms with E-state index in [9.17, 15) is 4.79 Å². The molecule has 1 atom stereocenters. The second-order valence-corrected chi connectivity index (χ2v) is 6.62. The Hall–Kier alpha value is -1.75. The molecule has 2 N–H and O–H groups in total. The van der Waals surface area contributed by atoms with E-state index in [4.69, 9.17) is 9.47 Å². The number of carbonyl (C=O) groups is 1. The van der Waals surface area contributed by atoms with Gasteiger partial charge in [0.2, 0.25) is 5.91 Å². The lowest BCUT2D eigenvalue weighted by Crippen LogP contribution is -2.46. The van der Waals surface area contributed by atoms with E-state index in [1.807, 2.05) is 18.2 Å². The normalized spacial score (nSPS) is 16.4. The topological polar surface area (TPSA) is 78.4 Å². The van der Waals surface area contributed by atoms with Crippen molar-refractivity contribution in [2.24, 2.45) is 4.99 Å². The van der Waals surface area contributed by atoms with Crippen LogP contribution in [0.15, 0.2) is 29.3 Å². The summed E-state index contributed by atoms with van der Waals surface area (Å²) in [5.41, 5.74) is 1.10. The maximum absolute atomic E-state index is 11.8. The molecule has 0 aliphatic carbocycles. The van der Waals surface area contributed by atoms with Gasteiger partial charge in [-0.25, -0.2) is 4.99 Å². The Bertz CT molecular complexity index is 642. The lowest BCUT2D eigenvalue weighted by Gasteiger charge is -2.22. The van der Waals surface area contributed by atoms with Gasteiger partial charge in [0.25, 0.3) is 0 Å². The number of hydrogen-bond acceptors (Lipinski definition) is 5. The molecule has 1 fully saturated rings. The molecule has 1 aromatic carbocycles. The Morgan fingerprint density at radius 3 is 2.75 bits per heavy atom. The van der Waals surface area contributed by atoms with Crippen molar-refractivity contribution in [3.8, 4) is 5.75 Å². The van der Waals surface area contributed by atoms with E-state index in [2.05, 4.69) is 26.6 Å². The number of aliphatic imine (C=N–C) groups is 1. The van der Waals surface area contributed by atoms with Gasteiger partial charge in [0.05, 0.1) is 19.4 Å². The van der Waals surface area contributed by atoms with Crippen LogP contribution in [0.5, 0.6) is 5.75 Å². The van der Waals surface area contributed by atoms with E-state index >= 15 is 0 Å². The molecule has 0 bridgehead atoms. The highest BCUT2D eigenvalue weighted by atomic mass is 127. The number of para-hydroxylation sites is 2. The molecule has 0 aromatic heterocycles. The maximum Gasteiger partial charge on any atom is 0.243 e. The number of carbonyl (C=O) groups excluding carboxylic acids is 1. The number of hydrogen-bond donors (Lipinski definition) is 2. The second-order valence-electron chi connectivity index (χ2n) is 6.62. The van der Waals surface area contributed by atoms with E-state index in [1.54, 1.807) is 28.3 Å². The fourth-order valence-electron chi connectivity index (χ4n) is 2.89. The summed E-state index contributed by atoms with van der Waals surface area (Å²) in [5, 5.41) is 6.66. The van der Waals surface area contributed by atoms with Crippen LogP contribution >= 0.6 is 24.0 Å². The summed E-state index contributed by atoms with van der Waals surface area (Å²) >= 11 is 0. The van der Waals surface area contributed by atoms with Gasteiger partial charge in [-0.3, -0.25) is 4.79 Å². The Morgan fingerprint density at radius 1 is 1.32 bits per heavy atom. The third-order valence-electron chi connectivity index (χ3n) is 4.42. The first kappa shape index (κ1) is 24.3. The molecule has 9 heteroatoms. The highest BCUT2D eigenvalue weighted by molar-refractivity contribution is 14.0. The predicted octanol–water partition coefficient (Wildman–Crippen LogP) is 1.16. The molecule has 158 valence electrons. The Balaban J connectivity index is 0.00000392. The first-order valence-corrected chi connectivity index (χ1v) is 9.17. The molecule has 1 saturated heterocycles. The van der Waals surface area contributed by atoms with Crippen molar-refractivity contribution in [3.05, 3.63) is 24.3 Å². The van der Waals surface area contributed by atoms with Crippen LogP contribution < -0.4 is 20.3 Å². The fraction of sp³-hybridized carbons (Fsp3) is 0.579. The highest BCUT2D eigenvalue weighted by Gasteiger charge is 2.25. The van der Waals surface area contributed by atoms with Crippen molar-refractivity contribution in [2.75, 3.05) is 66.0 Å². The summed E-state index contributed by atoms with van der Waals surface area (Å²) < 4.78 is 10.6. The van der Waals surface area contributed by atoms with Gasteiger partial charge in [-0.15, -0.1) is 24.0 Å². The number of amides is 1. The number of anilines is 1. The number of halogens is 1. The zero-order valence-corrected chi connectivity index (χ0v) is 19.4. The molecule has 0 spiro atoms. The lowest BCUT2D eigenvalue weighted by atomic mass is 10.2. The first-order valence-electron chi connectivity index (χ1n) is 9.17. The largest absolute Gasteiger partial charge is 0.495 e. The van der Waals surface area contributed by atoms with E-state index < -0.39 is 0 Å². The summed E-state index contributed by atoms with van der Waals surface area (Å²) in [6.07, 6.45) is 0.977. The van der Waals surface area contributed by atoms with E-state index in [-0.39, 0.29) is 42.5 Å². The molecule has 1 aliphatic rings. The Morgan fingerprint density at radius 2 is 2.07 bits per heavy atom. The van der Waals surface area contributed by atoms with E-state index in [0.29, 0.717) is 19.1 Å². The van der Waals surface area contributed by atoms with Crippen molar-refractivity contribution in [1.82, 2.24) is 15.5 Å². The van der Waals surface area contributed by atoms with Crippen LogP contribution in [0.1, 0.15) is 6.42 Å². The summed E-state index contributed by atoms with van der Waals surface area (Å²) in [4.78, 5) is 20.1. The molecular weight excluding hydrogens is 473 g/mol. The van der Waals surface area contributed by atoms with Crippen LogP contribution in [0.25, 0.3) is 0 Å². The van der Waals surface area contributed by atoms with Crippen molar-refractivity contribution in [2.45, 2.75) is 12.5 Å². The number of nitrogens with one attached hydrogen (secondary N) is 2. The van der Waals surface area contributed by atoms with Crippen molar-refractivity contribution >= 4 is 41.5 Å². The quantitative estimate of drug-likeness (QED) is 0.239. The molecule has 1 heterocycles. The highest BCUT2D eigenvalue weighted by Crippen LogP contribution is 2.30. The van der Waals surface area contributed by atoms with Gasteiger partial charge < -0.3 is 29.9 Å². The fourth-order valence-corrected chi connectivity index (χ4v) is 2.89. The van der Waals surface area contributed by atoms with E-state index in [1.165, 1.54) is 4.90 Å². The standard InChI is InChI=1S/C19H31N5O3.HI/c1-23(2)18(25)13-21-19(20-10-12-26-3)22-15-9-11-24(14-15)16-7-5-6-8-17(16)27-4;/h5-8,15H,9-14H2,1-4H3,(H2,20,21,22);1H. The molecule has 28 heavy (non-hydrogen) atoms. The van der Waals surface area contributed by atoms with Gasteiger partial charge in [-0.05, 0) is 18.6 Å². The zero-order chi connectivity index (χ0) is 19.6. The van der Waals surface area contributed by atoms with Gasteiger partial charge in [0, 0.05) is 46.9 Å². The van der Waals surface area contributed by atoms with Crippen LogP contribution in [0.4, 0.5) is 5.69 Å². The third-order valence-corrected chi connectivity index (χ3v) is 4.42. The number of likely N-dealkylation sites (N-methyl/N-ethyl adjacent to an activating group) is 1. The Labute approximate surface area is 184 Å². The van der Waals surface area contributed by atoms with Crippen LogP contribution in [-0.2, 0) is 9.53 Å². The van der Waals surface area contributed by atoms with Crippen LogP contribution in [0, 0.1) is 0 Å². The molecule has 0 radical (unpaired) electrons. The number of benzene rings is 1. The SMILES string of the molecule is COCCNC(=NCC(=O)N(C)C)NC1CCN(c2ccccc2OC)C1.I. The minimum absolute atomic E-state index is 0. The number of guanidine groups is 1. The Kier molecular flexibility index (Phi) is 11.0. The van der Waals surface area contributed by atoms with Gasteiger partial charge in [0.15, 0.2) is 5.96 Å². The predicted molar refractivity (Wildman–Crippen MR) is 123 cm³/mol. The minimum Gasteiger partial charge on any atom is -0.495 e. The smallest absolute Gasteiger partial charge is 0.243 e. The molecule has 1 aliphatic heterocycles. The van der Waals surface area contributed by atoms with Gasteiger partial charge >= 0.3 is 0 Å². The molecule has 1 unspecified atom stereocenters. The van der Waals surface area contributed by atoms with Crippen molar-refractivity contribution < 1.29 is 14.3 Å². The summed E-state index contributed by atoms with van der Waals surface area (Å²) in [6, 6.07) is 8.27. The average molecular weight is 505 g/mol. The van der Waals surface area contributed by atoms with Crippen LogP contribution in [0.2, 0.25) is 0 Å². The molecule has 0 saturated carbocycles. The van der Waals surface area contributed by atoms with Gasteiger partial charge in [0.1, 0.15) is 12.3 Å². The third kappa shape index (κ3) is 7.34. The molecule has 1 amide bonds. The monoisotopic (exact) mass is 505 g/mol.